The van der Waals surface area contributed by atoms with Gasteiger partial charge in [0.05, 0.1) is 17.6 Å². The van der Waals surface area contributed by atoms with Crippen LogP contribution >= 0.6 is 0 Å². The van der Waals surface area contributed by atoms with Crippen molar-refractivity contribution >= 4 is 23.4 Å². The lowest BCUT2D eigenvalue weighted by Gasteiger charge is -2.31. The Morgan fingerprint density at radius 3 is 2.70 bits per heavy atom. The molecular weight excluding hydrogens is 419 g/mol. The molecule has 33 heavy (non-hydrogen) atoms. The average Bonchev–Trinajstić information content (AvgIpc) is 3.20. The second kappa shape index (κ2) is 8.30. The molecule has 8 nitrogen and oxygen atoms in total. The number of anilines is 2. The van der Waals surface area contributed by atoms with E-state index in [4.69, 9.17) is 16.0 Å². The third-order valence-electron chi connectivity index (χ3n) is 6.32. The van der Waals surface area contributed by atoms with Crippen molar-refractivity contribution in [3.63, 3.8) is 0 Å². The monoisotopic (exact) mass is 444 g/mol. The molecule has 0 bridgehead atoms. The van der Waals surface area contributed by atoms with Crippen molar-refractivity contribution in [1.29, 1.82) is 5.26 Å². The predicted octanol–water partition coefficient (Wildman–Crippen LogP) is 2.81. The van der Waals surface area contributed by atoms with Gasteiger partial charge in [0.15, 0.2) is 0 Å². The van der Waals surface area contributed by atoms with Crippen LogP contribution in [0, 0.1) is 17.1 Å². The summed E-state index contributed by atoms with van der Waals surface area (Å²) in [6, 6.07) is 6.69. The quantitative estimate of drug-likeness (QED) is 0.663. The summed E-state index contributed by atoms with van der Waals surface area (Å²) < 4.78 is 16.5. The zero-order chi connectivity index (χ0) is 23.1. The Bertz CT molecular complexity index is 1280. The number of likely N-dealkylation sites (N-methyl/N-ethyl adjacent to an activating group) is 1. The van der Waals surface area contributed by atoms with Gasteiger partial charge < -0.3 is 20.1 Å². The van der Waals surface area contributed by atoms with Gasteiger partial charge in [0, 0.05) is 57.1 Å². The molecule has 0 saturated carbocycles. The van der Waals surface area contributed by atoms with Gasteiger partial charge in [-0.2, -0.15) is 5.26 Å². The Morgan fingerprint density at radius 2 is 1.97 bits per heavy atom. The number of benzene rings is 1. The van der Waals surface area contributed by atoms with Gasteiger partial charge in [-0.1, -0.05) is 6.07 Å². The van der Waals surface area contributed by atoms with Crippen molar-refractivity contribution in [2.45, 2.75) is 18.9 Å². The van der Waals surface area contributed by atoms with E-state index in [1.54, 1.807) is 12.4 Å². The van der Waals surface area contributed by atoms with Crippen LogP contribution in [0.3, 0.4) is 0 Å². The minimum atomic E-state index is -0.563. The Balaban J connectivity index is 1.63. The van der Waals surface area contributed by atoms with Gasteiger partial charge in [0.1, 0.15) is 23.4 Å². The number of hydrogen-bond acceptors (Lipinski definition) is 7. The van der Waals surface area contributed by atoms with Crippen LogP contribution in [0.25, 0.3) is 22.9 Å². The summed E-state index contributed by atoms with van der Waals surface area (Å²) in [4.78, 5) is 18.3. The van der Waals surface area contributed by atoms with Crippen molar-refractivity contribution in [2.24, 2.45) is 12.8 Å². The predicted molar refractivity (Wildman–Crippen MR) is 126 cm³/mol. The van der Waals surface area contributed by atoms with E-state index in [-0.39, 0.29) is 11.6 Å². The number of nitrogens with zero attached hydrogens (tertiary/aromatic N) is 7. The summed E-state index contributed by atoms with van der Waals surface area (Å²) in [6.45, 7) is 2.20. The van der Waals surface area contributed by atoms with E-state index in [9.17, 15) is 4.39 Å². The highest BCUT2D eigenvalue weighted by molar-refractivity contribution is 5.93. The van der Waals surface area contributed by atoms with E-state index in [0.29, 0.717) is 23.8 Å². The number of piperidine rings is 1. The molecule has 0 unspecified atom stereocenters. The summed E-state index contributed by atoms with van der Waals surface area (Å²) in [7, 11) is 3.98. The van der Waals surface area contributed by atoms with Gasteiger partial charge >= 0.3 is 0 Å². The molecule has 2 aliphatic heterocycles. The van der Waals surface area contributed by atoms with Crippen molar-refractivity contribution in [3.05, 3.63) is 53.4 Å². The molecule has 1 aromatic carbocycles. The van der Waals surface area contributed by atoms with Crippen LogP contribution in [-0.4, -0.2) is 52.2 Å². The molecule has 2 aliphatic rings. The summed E-state index contributed by atoms with van der Waals surface area (Å²) in [5.41, 5.74) is 9.99. The van der Waals surface area contributed by atoms with Crippen LogP contribution in [0.2, 0.25) is 0 Å². The molecule has 3 aromatic rings. The summed E-state index contributed by atoms with van der Waals surface area (Å²) in [6.07, 6.45) is 7.40. The molecule has 5 rings (SSSR count). The first-order chi connectivity index (χ1) is 15.9. The standard InChI is InChI=1S/C24H25FN8/c1-31-13-17(10-21-23(31)32(2)14-29-21)19-12-28-24(33-7-5-18(27)6-8-33)30-22(19)15-3-4-16(11-26)20(25)9-15/h3-4,9-10,12,14,18H,5-8,13,27H2,1-2H3. The van der Waals surface area contributed by atoms with Crippen LogP contribution in [0.5, 0.6) is 0 Å². The maximum Gasteiger partial charge on any atom is 0.225 e. The molecule has 2 aromatic heterocycles. The zero-order valence-electron chi connectivity index (χ0n) is 18.7. The van der Waals surface area contributed by atoms with Crippen LogP contribution in [0.1, 0.15) is 29.7 Å². The molecule has 2 N–H and O–H groups in total. The number of fused-ring (bicyclic) bond motifs is 1. The summed E-state index contributed by atoms with van der Waals surface area (Å²) in [5.74, 6) is 1.08. The topological polar surface area (TPSA) is 99.9 Å². The lowest BCUT2D eigenvalue weighted by molar-refractivity contribution is 0.495. The minimum Gasteiger partial charge on any atom is -0.355 e. The van der Waals surface area contributed by atoms with Gasteiger partial charge in [-0.15, -0.1) is 0 Å². The lowest BCUT2D eigenvalue weighted by atomic mass is 9.97. The molecule has 0 amide bonds. The van der Waals surface area contributed by atoms with Gasteiger partial charge in [-0.25, -0.2) is 19.3 Å². The highest BCUT2D eigenvalue weighted by atomic mass is 19.1. The highest BCUT2D eigenvalue weighted by Gasteiger charge is 2.25. The Labute approximate surface area is 191 Å². The number of hydrogen-bond donors (Lipinski definition) is 1. The van der Waals surface area contributed by atoms with Gasteiger partial charge in [-0.05, 0) is 36.6 Å². The van der Waals surface area contributed by atoms with Crippen molar-refractivity contribution in [1.82, 2.24) is 19.5 Å². The highest BCUT2D eigenvalue weighted by Crippen LogP contribution is 2.35. The normalized spacial score (nSPS) is 16.4. The van der Waals surface area contributed by atoms with E-state index in [2.05, 4.69) is 19.8 Å². The third kappa shape index (κ3) is 3.83. The fourth-order valence-electron chi connectivity index (χ4n) is 4.55. The summed E-state index contributed by atoms with van der Waals surface area (Å²) >= 11 is 0. The van der Waals surface area contributed by atoms with Gasteiger partial charge in [-0.3, -0.25) is 0 Å². The van der Waals surface area contributed by atoms with Crippen molar-refractivity contribution in [3.8, 4) is 17.3 Å². The molecule has 0 radical (unpaired) electrons. The second-order valence-corrected chi connectivity index (χ2v) is 8.65. The van der Waals surface area contributed by atoms with Gasteiger partial charge in [0.2, 0.25) is 5.95 Å². The number of aryl methyl sites for hydroxylation is 1. The largest absolute Gasteiger partial charge is 0.355 e. The molecule has 1 saturated heterocycles. The molecule has 9 heteroatoms. The van der Waals surface area contributed by atoms with Crippen LogP contribution < -0.4 is 15.5 Å². The number of imidazole rings is 1. The Morgan fingerprint density at radius 1 is 1.18 bits per heavy atom. The molecule has 1 fully saturated rings. The number of halogens is 1. The molecule has 4 heterocycles. The van der Waals surface area contributed by atoms with Crippen LogP contribution in [-0.2, 0) is 7.05 Å². The first kappa shape index (κ1) is 21.1. The maximum atomic E-state index is 14.5. The average molecular weight is 445 g/mol. The molecule has 168 valence electrons. The number of nitriles is 1. The number of rotatable bonds is 3. The Hall–Kier alpha value is -3.77. The first-order valence-corrected chi connectivity index (χ1v) is 11.0. The minimum absolute atomic E-state index is 0.00865. The smallest absolute Gasteiger partial charge is 0.225 e. The van der Waals surface area contributed by atoms with Crippen LogP contribution in [0.15, 0.2) is 30.7 Å². The van der Waals surface area contributed by atoms with E-state index >= 15 is 0 Å². The van der Waals surface area contributed by atoms with Crippen molar-refractivity contribution in [2.75, 3.05) is 36.5 Å². The first-order valence-electron chi connectivity index (χ1n) is 11.0. The number of nitrogens with two attached hydrogens (primary N) is 1. The Kier molecular flexibility index (Phi) is 5.30. The van der Waals surface area contributed by atoms with Gasteiger partial charge in [0.25, 0.3) is 0 Å². The molecule has 0 spiro atoms. The zero-order valence-corrected chi connectivity index (χ0v) is 18.7. The maximum absolute atomic E-state index is 14.5. The van der Waals surface area contributed by atoms with E-state index in [1.807, 2.05) is 37.0 Å². The van der Waals surface area contributed by atoms with Crippen LogP contribution in [0.4, 0.5) is 16.2 Å². The van der Waals surface area contributed by atoms with E-state index in [1.165, 1.54) is 12.1 Å². The third-order valence-corrected chi connectivity index (χ3v) is 6.32. The fourth-order valence-corrected chi connectivity index (χ4v) is 4.55. The fraction of sp³-hybridized carbons (Fsp3) is 0.333. The SMILES string of the molecule is CN1CC(c2cnc(N3CCC(N)CC3)nc2-c2ccc(C#N)c(F)c2)=Cc2ncn(C)c21. The second-order valence-electron chi connectivity index (χ2n) is 8.65. The molecular formula is C24H25FN8. The number of aromatic nitrogens is 4. The van der Waals surface area contributed by atoms with Crippen molar-refractivity contribution < 1.29 is 4.39 Å². The van der Waals surface area contributed by atoms with E-state index < -0.39 is 5.82 Å². The molecule has 0 atom stereocenters. The van der Waals surface area contributed by atoms with E-state index in [0.717, 1.165) is 48.6 Å². The molecule has 0 aliphatic carbocycles. The summed E-state index contributed by atoms with van der Waals surface area (Å²) in [5, 5.41) is 9.14. The lowest BCUT2D eigenvalue weighted by Crippen LogP contribution is -2.40.